The van der Waals surface area contributed by atoms with Gasteiger partial charge in [-0.15, -0.1) is 0 Å². The molecule has 140 valence electrons. The van der Waals surface area contributed by atoms with Gasteiger partial charge in [0.25, 0.3) is 0 Å². The quantitative estimate of drug-likeness (QED) is 0.701. The summed E-state index contributed by atoms with van der Waals surface area (Å²) >= 11 is 0. The van der Waals surface area contributed by atoms with Crippen LogP contribution in [0.1, 0.15) is 29.9 Å². The van der Waals surface area contributed by atoms with Gasteiger partial charge in [-0.1, -0.05) is 0 Å². The molecule has 1 amide bonds. The van der Waals surface area contributed by atoms with E-state index in [2.05, 4.69) is 5.32 Å². The van der Waals surface area contributed by atoms with E-state index in [-0.39, 0.29) is 23.9 Å². The highest BCUT2D eigenvalue weighted by atomic mass is 32.2. The van der Waals surface area contributed by atoms with Gasteiger partial charge in [-0.2, -0.15) is 4.31 Å². The Balaban J connectivity index is 1.71. The first kappa shape index (κ1) is 17.6. The van der Waals surface area contributed by atoms with Crippen LogP contribution in [-0.4, -0.2) is 18.6 Å². The van der Waals surface area contributed by atoms with Crippen molar-refractivity contribution in [2.75, 3.05) is 5.32 Å². The Bertz CT molecular complexity index is 1020. The molecule has 8 heteroatoms. The Morgan fingerprint density at radius 3 is 2.22 bits per heavy atom. The number of carbonyl (C=O) groups is 1. The minimum absolute atomic E-state index is 0.0693. The number of nitrogens with zero attached hydrogens (tertiary/aromatic N) is 1. The first-order valence-electron chi connectivity index (χ1n) is 8.45. The lowest BCUT2D eigenvalue weighted by atomic mass is 10.0. The molecule has 1 aliphatic heterocycles. The standard InChI is InChI=1S/C19H18N2O5S/c1-13-17-10-16(6-7-18(17)20-19(13)22)27(23,24)21(11-14-4-2-8-25-14)12-15-5-3-9-26-15/h2-10,13H,11-12H2,1H3,(H,20,22)/t13-/m0/s1. The molecule has 0 saturated heterocycles. The molecule has 7 nitrogen and oxygen atoms in total. The van der Waals surface area contributed by atoms with Crippen LogP contribution in [0.15, 0.2) is 68.7 Å². The van der Waals surface area contributed by atoms with Crippen molar-refractivity contribution < 1.29 is 22.0 Å². The van der Waals surface area contributed by atoms with E-state index in [1.807, 2.05) is 0 Å². The van der Waals surface area contributed by atoms with Crippen LogP contribution < -0.4 is 5.32 Å². The molecule has 0 spiro atoms. The van der Waals surface area contributed by atoms with Crippen LogP contribution in [-0.2, 0) is 27.9 Å². The fourth-order valence-corrected chi connectivity index (χ4v) is 4.49. The van der Waals surface area contributed by atoms with E-state index in [0.717, 1.165) is 0 Å². The molecule has 0 bridgehead atoms. The Hall–Kier alpha value is -2.84. The normalized spacial score (nSPS) is 16.5. The van der Waals surface area contributed by atoms with Gasteiger partial charge in [-0.25, -0.2) is 8.42 Å². The molecule has 0 radical (unpaired) electrons. The van der Waals surface area contributed by atoms with Crippen LogP contribution in [0.3, 0.4) is 0 Å². The van der Waals surface area contributed by atoms with Crippen LogP contribution in [0.5, 0.6) is 0 Å². The fourth-order valence-electron chi connectivity index (χ4n) is 3.08. The number of nitrogens with one attached hydrogen (secondary N) is 1. The molecule has 27 heavy (non-hydrogen) atoms. The lowest BCUT2D eigenvalue weighted by Crippen LogP contribution is -2.30. The third-order valence-corrected chi connectivity index (χ3v) is 6.39. The van der Waals surface area contributed by atoms with E-state index in [1.54, 1.807) is 43.3 Å². The van der Waals surface area contributed by atoms with E-state index < -0.39 is 15.9 Å². The molecule has 1 atom stereocenters. The highest BCUT2D eigenvalue weighted by molar-refractivity contribution is 7.89. The molecule has 0 saturated carbocycles. The van der Waals surface area contributed by atoms with Crippen molar-refractivity contribution in [1.29, 1.82) is 0 Å². The fraction of sp³-hybridized carbons (Fsp3) is 0.211. The largest absolute Gasteiger partial charge is 0.468 e. The topological polar surface area (TPSA) is 92.8 Å². The van der Waals surface area contributed by atoms with E-state index in [0.29, 0.717) is 22.8 Å². The smallest absolute Gasteiger partial charge is 0.243 e. The molecule has 1 N–H and O–H groups in total. The van der Waals surface area contributed by atoms with Crippen LogP contribution >= 0.6 is 0 Å². The first-order chi connectivity index (χ1) is 12.9. The number of fused-ring (bicyclic) bond motifs is 1. The zero-order valence-corrected chi connectivity index (χ0v) is 15.4. The van der Waals surface area contributed by atoms with Crippen molar-refractivity contribution in [3.8, 4) is 0 Å². The number of benzene rings is 1. The zero-order valence-electron chi connectivity index (χ0n) is 14.6. The molecule has 1 aromatic carbocycles. The molecule has 0 aliphatic carbocycles. The number of amides is 1. The third-order valence-electron chi connectivity index (χ3n) is 4.60. The summed E-state index contributed by atoms with van der Waals surface area (Å²) in [5.74, 6) is 0.523. The number of sulfonamides is 1. The van der Waals surface area contributed by atoms with Gasteiger partial charge in [-0.05, 0) is 55.0 Å². The van der Waals surface area contributed by atoms with Gasteiger partial charge in [-0.3, -0.25) is 4.79 Å². The van der Waals surface area contributed by atoms with Gasteiger partial charge in [0, 0.05) is 5.69 Å². The van der Waals surface area contributed by atoms with Crippen LogP contribution in [0.25, 0.3) is 0 Å². The van der Waals surface area contributed by atoms with E-state index in [9.17, 15) is 13.2 Å². The summed E-state index contributed by atoms with van der Waals surface area (Å²) in [7, 11) is -3.84. The molecule has 1 aliphatic rings. The number of furan rings is 2. The van der Waals surface area contributed by atoms with Crippen molar-refractivity contribution in [2.45, 2.75) is 30.8 Å². The minimum atomic E-state index is -3.84. The van der Waals surface area contributed by atoms with E-state index in [4.69, 9.17) is 8.83 Å². The van der Waals surface area contributed by atoms with Gasteiger partial charge in [0.1, 0.15) is 11.5 Å². The second-order valence-corrected chi connectivity index (χ2v) is 8.33. The monoisotopic (exact) mass is 386 g/mol. The van der Waals surface area contributed by atoms with Gasteiger partial charge >= 0.3 is 0 Å². The van der Waals surface area contributed by atoms with Crippen molar-refractivity contribution >= 4 is 21.6 Å². The van der Waals surface area contributed by atoms with E-state index in [1.165, 1.54) is 22.9 Å². The minimum Gasteiger partial charge on any atom is -0.468 e. The predicted octanol–water partition coefficient (Wildman–Crippen LogP) is 3.32. The molecule has 3 heterocycles. The second kappa shape index (κ2) is 6.71. The highest BCUT2D eigenvalue weighted by Crippen LogP contribution is 2.34. The highest BCUT2D eigenvalue weighted by Gasteiger charge is 2.31. The van der Waals surface area contributed by atoms with Gasteiger partial charge in [0.2, 0.25) is 15.9 Å². The van der Waals surface area contributed by atoms with Crippen LogP contribution in [0.4, 0.5) is 5.69 Å². The average molecular weight is 386 g/mol. The first-order valence-corrected chi connectivity index (χ1v) is 9.89. The van der Waals surface area contributed by atoms with Gasteiger partial charge in [0.15, 0.2) is 0 Å². The number of hydrogen-bond donors (Lipinski definition) is 1. The van der Waals surface area contributed by atoms with Crippen LogP contribution in [0, 0.1) is 0 Å². The molecule has 4 rings (SSSR count). The van der Waals surface area contributed by atoms with Crippen molar-refractivity contribution in [1.82, 2.24) is 4.31 Å². The average Bonchev–Trinajstić information content (AvgIpc) is 3.38. The van der Waals surface area contributed by atoms with Crippen molar-refractivity contribution in [2.24, 2.45) is 0 Å². The maximum absolute atomic E-state index is 13.3. The lowest BCUT2D eigenvalue weighted by Gasteiger charge is -2.21. The molecule has 3 aromatic rings. The number of rotatable bonds is 6. The summed E-state index contributed by atoms with van der Waals surface area (Å²) in [5.41, 5.74) is 1.33. The summed E-state index contributed by atoms with van der Waals surface area (Å²) < 4.78 is 38.6. The van der Waals surface area contributed by atoms with Crippen molar-refractivity contribution in [3.63, 3.8) is 0 Å². The SMILES string of the molecule is C[C@@H]1C(=O)Nc2ccc(S(=O)(=O)N(Cc3ccco3)Cc3ccco3)cc21. The summed E-state index contributed by atoms with van der Waals surface area (Å²) in [4.78, 5) is 12.0. The summed E-state index contributed by atoms with van der Waals surface area (Å²) in [6.45, 7) is 1.89. The van der Waals surface area contributed by atoms with Crippen molar-refractivity contribution in [3.05, 3.63) is 72.1 Å². The number of anilines is 1. The predicted molar refractivity (Wildman–Crippen MR) is 97.3 cm³/mol. The lowest BCUT2D eigenvalue weighted by molar-refractivity contribution is -0.116. The second-order valence-electron chi connectivity index (χ2n) is 6.39. The maximum Gasteiger partial charge on any atom is 0.243 e. The van der Waals surface area contributed by atoms with Gasteiger partial charge in [0.05, 0.1) is 36.4 Å². The van der Waals surface area contributed by atoms with E-state index >= 15 is 0 Å². The zero-order chi connectivity index (χ0) is 19.0. The third kappa shape index (κ3) is 3.29. The summed E-state index contributed by atoms with van der Waals surface area (Å²) in [6, 6.07) is 11.6. The molecule has 0 unspecified atom stereocenters. The Morgan fingerprint density at radius 1 is 1.04 bits per heavy atom. The number of carbonyl (C=O) groups excluding carboxylic acids is 1. The Morgan fingerprint density at radius 2 is 1.67 bits per heavy atom. The molecule has 0 fully saturated rings. The summed E-state index contributed by atoms with van der Waals surface area (Å²) in [6.07, 6.45) is 3.00. The van der Waals surface area contributed by atoms with Crippen LogP contribution in [0.2, 0.25) is 0 Å². The Kier molecular flexibility index (Phi) is 4.37. The summed E-state index contributed by atoms with van der Waals surface area (Å²) in [5, 5.41) is 2.75. The Labute approximate surface area is 156 Å². The maximum atomic E-state index is 13.3. The van der Waals surface area contributed by atoms with Gasteiger partial charge < -0.3 is 14.2 Å². The number of hydrogen-bond acceptors (Lipinski definition) is 5. The molecular formula is C19H18N2O5S. The molecule has 2 aromatic heterocycles. The molecular weight excluding hydrogens is 368 g/mol.